The SMILES string of the molecule is COC(=O)CN(c1ccccc1)P1(=O)Oc2ccccc2N1S(=O)(=O)c1ccc(C)cc1. The predicted octanol–water partition coefficient (Wildman–Crippen LogP) is 4.37. The van der Waals surface area contributed by atoms with E-state index in [4.69, 9.17) is 9.26 Å². The summed E-state index contributed by atoms with van der Waals surface area (Å²) in [5.41, 5.74) is 1.35. The van der Waals surface area contributed by atoms with Gasteiger partial charge in [-0.15, -0.1) is 0 Å². The molecular weight excluding hydrogens is 451 g/mol. The molecule has 0 N–H and O–H groups in total. The van der Waals surface area contributed by atoms with E-state index in [1.54, 1.807) is 54.6 Å². The Morgan fingerprint density at radius 1 is 1.00 bits per heavy atom. The molecule has 166 valence electrons. The van der Waals surface area contributed by atoms with Gasteiger partial charge in [0.05, 0.1) is 12.0 Å². The third kappa shape index (κ3) is 3.74. The maximum atomic E-state index is 14.5. The number of carbonyl (C=O) groups is 1. The number of nitrogens with zero attached hydrogens (tertiary/aromatic N) is 2. The number of methoxy groups -OCH3 is 1. The fourth-order valence-corrected chi connectivity index (χ4v) is 8.09. The van der Waals surface area contributed by atoms with E-state index in [1.165, 1.54) is 31.4 Å². The Balaban J connectivity index is 1.93. The monoisotopic (exact) mass is 472 g/mol. The zero-order valence-corrected chi connectivity index (χ0v) is 19.1. The number of rotatable bonds is 6. The van der Waals surface area contributed by atoms with Gasteiger partial charge in [-0.25, -0.2) is 13.0 Å². The van der Waals surface area contributed by atoms with E-state index in [-0.39, 0.29) is 16.3 Å². The molecule has 0 amide bonds. The number of anilines is 2. The summed E-state index contributed by atoms with van der Waals surface area (Å²) < 4.78 is 54.5. The van der Waals surface area contributed by atoms with Gasteiger partial charge >= 0.3 is 13.6 Å². The topological polar surface area (TPSA) is 93.2 Å². The fraction of sp³-hybridized carbons (Fsp3) is 0.136. The first-order valence-electron chi connectivity index (χ1n) is 9.68. The van der Waals surface area contributed by atoms with Crippen molar-refractivity contribution in [2.75, 3.05) is 22.4 Å². The molecule has 32 heavy (non-hydrogen) atoms. The predicted molar refractivity (Wildman–Crippen MR) is 121 cm³/mol. The second kappa shape index (κ2) is 8.33. The highest BCUT2D eigenvalue weighted by Gasteiger charge is 2.54. The molecule has 0 bridgehead atoms. The van der Waals surface area contributed by atoms with E-state index in [0.29, 0.717) is 5.69 Å². The van der Waals surface area contributed by atoms with Crippen molar-refractivity contribution >= 4 is 35.0 Å². The number of para-hydroxylation sites is 3. The van der Waals surface area contributed by atoms with E-state index in [0.717, 1.165) is 14.3 Å². The van der Waals surface area contributed by atoms with Gasteiger partial charge in [-0.2, -0.15) is 4.08 Å². The number of hydrogen-bond donors (Lipinski definition) is 0. The highest BCUT2D eigenvalue weighted by atomic mass is 32.2. The summed E-state index contributed by atoms with van der Waals surface area (Å²) in [5.74, 6) is -0.561. The summed E-state index contributed by atoms with van der Waals surface area (Å²) in [4.78, 5) is 12.2. The van der Waals surface area contributed by atoms with Gasteiger partial charge in [-0.3, -0.25) is 9.46 Å². The molecule has 0 spiro atoms. The molecule has 0 aliphatic carbocycles. The lowest BCUT2D eigenvalue weighted by Gasteiger charge is -2.33. The Hall–Kier alpha value is -3.29. The summed E-state index contributed by atoms with van der Waals surface area (Å²) in [6.07, 6.45) is 0. The highest BCUT2D eigenvalue weighted by Crippen LogP contribution is 2.66. The maximum absolute atomic E-state index is 14.5. The number of aryl methyl sites for hydroxylation is 1. The van der Waals surface area contributed by atoms with Crippen molar-refractivity contribution in [3.05, 3.63) is 84.4 Å². The van der Waals surface area contributed by atoms with E-state index in [9.17, 15) is 17.8 Å². The van der Waals surface area contributed by atoms with Gasteiger partial charge in [-0.05, 0) is 43.3 Å². The maximum Gasteiger partial charge on any atom is 0.464 e. The Kier molecular flexibility index (Phi) is 5.71. The first-order chi connectivity index (χ1) is 15.3. The zero-order chi connectivity index (χ0) is 22.9. The first kappa shape index (κ1) is 21.9. The molecule has 1 aliphatic heterocycles. The van der Waals surface area contributed by atoms with Gasteiger partial charge in [0, 0.05) is 5.69 Å². The summed E-state index contributed by atoms with van der Waals surface area (Å²) in [6.45, 7) is 1.36. The van der Waals surface area contributed by atoms with Crippen LogP contribution >= 0.6 is 7.67 Å². The summed E-state index contributed by atoms with van der Waals surface area (Å²) in [5, 5.41) is 0. The standard InChI is InChI=1S/C22H21N2O6PS/c1-17-12-14-19(15-13-17)32(27,28)24-20-10-6-7-11-21(20)30-31(24,26)23(16-22(25)29-2)18-8-4-3-5-9-18/h3-15H,16H2,1-2H3. The number of ether oxygens (including phenoxy) is 1. The van der Waals surface area contributed by atoms with Crippen LogP contribution in [0.4, 0.5) is 11.4 Å². The molecule has 0 saturated heterocycles. The van der Waals surface area contributed by atoms with Crippen LogP contribution in [0.5, 0.6) is 5.75 Å². The molecule has 8 nitrogen and oxygen atoms in total. The number of carbonyl (C=O) groups excluding carboxylic acids is 1. The van der Waals surface area contributed by atoms with Crippen molar-refractivity contribution in [1.29, 1.82) is 0 Å². The van der Waals surface area contributed by atoms with Gasteiger partial charge in [0.2, 0.25) is 0 Å². The molecule has 10 heteroatoms. The number of benzene rings is 3. The Labute approximate surface area is 186 Å². The molecule has 0 radical (unpaired) electrons. The third-order valence-corrected chi connectivity index (χ3v) is 9.81. The van der Waals surface area contributed by atoms with Crippen molar-refractivity contribution in [2.24, 2.45) is 0 Å². The van der Waals surface area contributed by atoms with Gasteiger partial charge < -0.3 is 9.26 Å². The lowest BCUT2D eigenvalue weighted by atomic mass is 10.2. The minimum Gasteiger partial charge on any atom is -0.468 e. The van der Waals surface area contributed by atoms with Crippen LogP contribution in [0, 0.1) is 6.92 Å². The Bertz CT molecular complexity index is 1300. The minimum atomic E-state index is -4.38. The minimum absolute atomic E-state index is 0.0466. The van der Waals surface area contributed by atoms with Gasteiger partial charge in [-0.1, -0.05) is 48.0 Å². The van der Waals surface area contributed by atoms with E-state index in [1.807, 2.05) is 6.92 Å². The smallest absolute Gasteiger partial charge is 0.464 e. The largest absolute Gasteiger partial charge is 0.468 e. The van der Waals surface area contributed by atoms with E-state index < -0.39 is 30.2 Å². The first-order valence-corrected chi connectivity index (χ1v) is 12.7. The number of esters is 1. The van der Waals surface area contributed by atoms with Crippen molar-refractivity contribution < 1.29 is 27.0 Å². The Morgan fingerprint density at radius 2 is 1.62 bits per heavy atom. The molecule has 0 aromatic heterocycles. The summed E-state index contributed by atoms with van der Waals surface area (Å²) >= 11 is 0. The van der Waals surface area contributed by atoms with Crippen LogP contribution in [0.25, 0.3) is 0 Å². The number of hydrogen-bond acceptors (Lipinski definition) is 6. The molecule has 3 aromatic rings. The highest BCUT2D eigenvalue weighted by molar-refractivity contribution is 8.00. The van der Waals surface area contributed by atoms with Gasteiger partial charge in [0.1, 0.15) is 12.2 Å². The second-order valence-electron chi connectivity index (χ2n) is 7.08. The molecule has 4 rings (SSSR count). The molecule has 0 saturated carbocycles. The van der Waals surface area contributed by atoms with Crippen LogP contribution in [0.2, 0.25) is 0 Å². The quantitative estimate of drug-likeness (QED) is 0.388. The number of sulfonamides is 1. The molecule has 1 heterocycles. The van der Waals surface area contributed by atoms with Crippen molar-refractivity contribution in [2.45, 2.75) is 11.8 Å². The van der Waals surface area contributed by atoms with Crippen LogP contribution in [0.3, 0.4) is 0 Å². The lowest BCUT2D eigenvalue weighted by Crippen LogP contribution is -2.38. The normalized spacial score (nSPS) is 17.4. The lowest BCUT2D eigenvalue weighted by molar-refractivity contribution is -0.138. The van der Waals surface area contributed by atoms with Gasteiger partial charge in [0.25, 0.3) is 10.0 Å². The average molecular weight is 472 g/mol. The Morgan fingerprint density at radius 3 is 2.28 bits per heavy atom. The van der Waals surface area contributed by atoms with Crippen LogP contribution in [0.1, 0.15) is 5.56 Å². The van der Waals surface area contributed by atoms with Crippen LogP contribution in [-0.2, 0) is 24.1 Å². The molecular formula is C22H21N2O6PS. The van der Waals surface area contributed by atoms with Crippen LogP contribution in [-0.4, -0.2) is 28.0 Å². The average Bonchev–Trinajstić information content (AvgIpc) is 3.11. The number of fused-ring (bicyclic) bond motifs is 1. The van der Waals surface area contributed by atoms with E-state index >= 15 is 0 Å². The summed E-state index contributed by atoms with van der Waals surface area (Å²) in [6, 6.07) is 20.9. The molecule has 3 aromatic carbocycles. The van der Waals surface area contributed by atoms with Crippen molar-refractivity contribution in [3.63, 3.8) is 0 Å². The third-order valence-electron chi connectivity index (χ3n) is 4.93. The van der Waals surface area contributed by atoms with Crippen molar-refractivity contribution in [3.8, 4) is 5.75 Å². The van der Waals surface area contributed by atoms with Crippen molar-refractivity contribution in [1.82, 2.24) is 0 Å². The fourth-order valence-electron chi connectivity index (χ4n) is 3.33. The molecule has 1 aliphatic rings. The second-order valence-corrected chi connectivity index (χ2v) is 11.2. The zero-order valence-electron chi connectivity index (χ0n) is 17.4. The molecule has 1 unspecified atom stereocenters. The summed E-state index contributed by atoms with van der Waals surface area (Å²) in [7, 11) is -7.50. The van der Waals surface area contributed by atoms with Crippen LogP contribution < -0.4 is 13.3 Å². The van der Waals surface area contributed by atoms with Gasteiger partial charge in [0.15, 0.2) is 5.75 Å². The molecule has 1 atom stereocenters. The van der Waals surface area contributed by atoms with Crippen LogP contribution in [0.15, 0.2) is 83.8 Å². The van der Waals surface area contributed by atoms with E-state index in [2.05, 4.69) is 0 Å². The molecule has 0 fully saturated rings.